The summed E-state index contributed by atoms with van der Waals surface area (Å²) in [5, 5.41) is 17.9. The van der Waals surface area contributed by atoms with Crippen molar-refractivity contribution >= 4 is 39.8 Å². The summed E-state index contributed by atoms with van der Waals surface area (Å²) in [4.78, 5) is 23.2. The van der Waals surface area contributed by atoms with Crippen molar-refractivity contribution in [2.75, 3.05) is 11.9 Å². The number of nitrogens with one attached hydrogen (secondary N) is 2. The molecule has 9 heteroatoms. The highest BCUT2D eigenvalue weighted by Gasteiger charge is 2.17. The SMILES string of the molecule is CC(C)(C)OC(=O)NCC(=O)Nc1nnc(-c2ccsc2)s1. The number of thiophene rings is 1. The third kappa shape index (κ3) is 5.08. The molecule has 7 nitrogen and oxygen atoms in total. The smallest absolute Gasteiger partial charge is 0.408 e. The molecule has 0 fully saturated rings. The van der Waals surface area contributed by atoms with Crippen LogP contribution in [0.2, 0.25) is 0 Å². The van der Waals surface area contributed by atoms with Crippen LogP contribution >= 0.6 is 22.7 Å². The number of carbonyl (C=O) groups is 2. The van der Waals surface area contributed by atoms with Crippen LogP contribution in [0.4, 0.5) is 9.93 Å². The van der Waals surface area contributed by atoms with Gasteiger partial charge in [-0.25, -0.2) is 4.79 Å². The van der Waals surface area contributed by atoms with E-state index in [2.05, 4.69) is 20.8 Å². The van der Waals surface area contributed by atoms with Gasteiger partial charge in [-0.15, -0.1) is 10.2 Å². The molecule has 2 rings (SSSR count). The molecular weight excluding hydrogens is 324 g/mol. The third-order valence-electron chi connectivity index (χ3n) is 2.23. The number of rotatable bonds is 4. The van der Waals surface area contributed by atoms with Gasteiger partial charge in [-0.05, 0) is 32.2 Å². The number of anilines is 1. The van der Waals surface area contributed by atoms with E-state index in [1.807, 2.05) is 16.8 Å². The first-order chi connectivity index (χ1) is 10.3. The Balaban J connectivity index is 1.81. The van der Waals surface area contributed by atoms with E-state index in [1.54, 1.807) is 32.1 Å². The fourth-order valence-corrected chi connectivity index (χ4v) is 2.88. The number of ether oxygens (including phenoxy) is 1. The molecule has 0 aliphatic heterocycles. The van der Waals surface area contributed by atoms with E-state index >= 15 is 0 Å². The first-order valence-corrected chi connectivity index (χ1v) is 8.22. The Hall–Kier alpha value is -2.00. The van der Waals surface area contributed by atoms with Gasteiger partial charge < -0.3 is 10.1 Å². The van der Waals surface area contributed by atoms with E-state index in [0.717, 1.165) is 10.6 Å². The quantitative estimate of drug-likeness (QED) is 0.892. The molecule has 2 aromatic rings. The molecule has 0 atom stereocenters. The lowest BCUT2D eigenvalue weighted by Crippen LogP contribution is -2.37. The number of aromatic nitrogens is 2. The minimum atomic E-state index is -0.640. The van der Waals surface area contributed by atoms with Gasteiger partial charge in [0.1, 0.15) is 17.2 Å². The van der Waals surface area contributed by atoms with E-state index in [-0.39, 0.29) is 12.5 Å². The van der Waals surface area contributed by atoms with Crippen LogP contribution in [0.15, 0.2) is 16.8 Å². The van der Waals surface area contributed by atoms with Crippen molar-refractivity contribution in [3.05, 3.63) is 16.8 Å². The average Bonchev–Trinajstić information content (AvgIpc) is 3.04. The van der Waals surface area contributed by atoms with Crippen LogP contribution in [0.25, 0.3) is 10.6 Å². The number of amides is 2. The molecule has 0 spiro atoms. The summed E-state index contributed by atoms with van der Waals surface area (Å²) in [5.74, 6) is -0.390. The highest BCUT2D eigenvalue weighted by Crippen LogP contribution is 2.27. The summed E-state index contributed by atoms with van der Waals surface area (Å²) < 4.78 is 5.04. The Bertz CT molecular complexity index is 647. The van der Waals surface area contributed by atoms with Gasteiger partial charge in [0, 0.05) is 10.9 Å². The largest absolute Gasteiger partial charge is 0.444 e. The molecule has 2 heterocycles. The Morgan fingerprint density at radius 2 is 2.09 bits per heavy atom. The number of hydrogen-bond acceptors (Lipinski definition) is 7. The Labute approximate surface area is 135 Å². The predicted molar refractivity (Wildman–Crippen MR) is 86.1 cm³/mol. The Kier molecular flexibility index (Phi) is 5.09. The maximum absolute atomic E-state index is 11.7. The van der Waals surface area contributed by atoms with Crippen LogP contribution in [-0.2, 0) is 9.53 Å². The zero-order valence-corrected chi connectivity index (χ0v) is 14.0. The van der Waals surface area contributed by atoms with Crippen molar-refractivity contribution < 1.29 is 14.3 Å². The first-order valence-electron chi connectivity index (χ1n) is 6.46. The number of carbonyl (C=O) groups excluding carboxylic acids is 2. The number of alkyl carbamates (subject to hydrolysis) is 1. The van der Waals surface area contributed by atoms with E-state index < -0.39 is 11.7 Å². The molecular formula is C13H16N4O3S2. The summed E-state index contributed by atoms with van der Waals surface area (Å²) >= 11 is 2.84. The molecule has 22 heavy (non-hydrogen) atoms. The fraction of sp³-hybridized carbons (Fsp3) is 0.385. The second-order valence-corrected chi connectivity index (χ2v) is 7.09. The minimum absolute atomic E-state index is 0.192. The van der Waals surface area contributed by atoms with Crippen LogP contribution in [-0.4, -0.2) is 34.3 Å². The summed E-state index contributed by atoms with van der Waals surface area (Å²) in [6.45, 7) is 5.06. The maximum Gasteiger partial charge on any atom is 0.408 e. The standard InChI is InChI=1S/C13H16N4O3S2/c1-13(2,3)20-12(19)14-6-9(18)15-11-17-16-10(22-11)8-4-5-21-7-8/h4-5,7H,6H2,1-3H3,(H,14,19)(H,15,17,18). The Morgan fingerprint density at radius 3 is 2.73 bits per heavy atom. The lowest BCUT2D eigenvalue weighted by atomic mass is 10.2. The molecule has 0 saturated carbocycles. The zero-order chi connectivity index (χ0) is 16.2. The van der Waals surface area contributed by atoms with Gasteiger partial charge in [-0.3, -0.25) is 10.1 Å². The first kappa shape index (κ1) is 16.4. The van der Waals surface area contributed by atoms with Gasteiger partial charge >= 0.3 is 6.09 Å². The van der Waals surface area contributed by atoms with Crippen molar-refractivity contribution in [2.45, 2.75) is 26.4 Å². The van der Waals surface area contributed by atoms with Crippen molar-refractivity contribution in [1.82, 2.24) is 15.5 Å². The van der Waals surface area contributed by atoms with Crippen LogP contribution in [0.1, 0.15) is 20.8 Å². The molecule has 0 radical (unpaired) electrons. The molecule has 0 aliphatic carbocycles. The molecule has 0 aliphatic rings. The topological polar surface area (TPSA) is 93.2 Å². The second kappa shape index (κ2) is 6.84. The van der Waals surface area contributed by atoms with Gasteiger partial charge in [0.15, 0.2) is 0 Å². The van der Waals surface area contributed by atoms with Gasteiger partial charge in [0.05, 0.1) is 0 Å². The number of hydrogen-bond donors (Lipinski definition) is 2. The normalized spacial score (nSPS) is 11.0. The zero-order valence-electron chi connectivity index (χ0n) is 12.4. The van der Waals surface area contributed by atoms with Crippen LogP contribution < -0.4 is 10.6 Å². The van der Waals surface area contributed by atoms with Crippen molar-refractivity contribution in [2.24, 2.45) is 0 Å². The molecule has 0 aromatic carbocycles. The van der Waals surface area contributed by atoms with Crippen LogP contribution in [0, 0.1) is 0 Å². The predicted octanol–water partition coefficient (Wildman–Crippen LogP) is 2.73. The van der Waals surface area contributed by atoms with E-state index in [9.17, 15) is 9.59 Å². The molecule has 2 amide bonds. The molecule has 0 bridgehead atoms. The van der Waals surface area contributed by atoms with Gasteiger partial charge in [0.25, 0.3) is 0 Å². The van der Waals surface area contributed by atoms with Gasteiger partial charge in [-0.2, -0.15) is 11.3 Å². The lowest BCUT2D eigenvalue weighted by molar-refractivity contribution is -0.115. The fourth-order valence-electron chi connectivity index (χ4n) is 1.41. The van der Waals surface area contributed by atoms with Crippen molar-refractivity contribution in [3.8, 4) is 10.6 Å². The molecule has 2 aromatic heterocycles. The van der Waals surface area contributed by atoms with E-state index in [0.29, 0.717) is 5.13 Å². The van der Waals surface area contributed by atoms with Crippen LogP contribution in [0.3, 0.4) is 0 Å². The average molecular weight is 340 g/mol. The molecule has 0 unspecified atom stereocenters. The summed E-state index contributed by atoms with van der Waals surface area (Å²) in [6.07, 6.45) is -0.640. The van der Waals surface area contributed by atoms with E-state index in [1.165, 1.54) is 11.3 Å². The van der Waals surface area contributed by atoms with Crippen molar-refractivity contribution in [3.63, 3.8) is 0 Å². The van der Waals surface area contributed by atoms with Gasteiger partial charge in [0.2, 0.25) is 11.0 Å². The minimum Gasteiger partial charge on any atom is -0.444 e. The summed E-state index contributed by atoms with van der Waals surface area (Å²) in [6, 6.07) is 1.93. The maximum atomic E-state index is 11.7. The highest BCUT2D eigenvalue weighted by molar-refractivity contribution is 7.19. The monoisotopic (exact) mass is 340 g/mol. The van der Waals surface area contributed by atoms with E-state index in [4.69, 9.17) is 4.74 Å². The van der Waals surface area contributed by atoms with Crippen LogP contribution in [0.5, 0.6) is 0 Å². The highest BCUT2D eigenvalue weighted by atomic mass is 32.1. The Morgan fingerprint density at radius 1 is 1.32 bits per heavy atom. The number of nitrogens with zero attached hydrogens (tertiary/aromatic N) is 2. The molecule has 2 N–H and O–H groups in total. The molecule has 118 valence electrons. The molecule has 0 saturated heterocycles. The van der Waals surface area contributed by atoms with Crippen molar-refractivity contribution in [1.29, 1.82) is 0 Å². The van der Waals surface area contributed by atoms with Gasteiger partial charge in [-0.1, -0.05) is 11.3 Å². The summed E-state index contributed by atoms with van der Waals surface area (Å²) in [7, 11) is 0. The summed E-state index contributed by atoms with van der Waals surface area (Å²) in [5.41, 5.74) is 0.366. The lowest BCUT2D eigenvalue weighted by Gasteiger charge is -2.19. The third-order valence-corrected chi connectivity index (χ3v) is 3.80. The second-order valence-electron chi connectivity index (χ2n) is 5.33.